The zero-order chi connectivity index (χ0) is 21.0. The normalized spacial score (nSPS) is 14.2. The van der Waals surface area contributed by atoms with E-state index in [2.05, 4.69) is 4.98 Å². The lowest BCUT2D eigenvalue weighted by atomic mass is 10.0. The fourth-order valence-electron chi connectivity index (χ4n) is 3.23. The first-order chi connectivity index (χ1) is 13.9. The van der Waals surface area contributed by atoms with E-state index in [0.717, 1.165) is 5.56 Å². The van der Waals surface area contributed by atoms with Crippen molar-refractivity contribution in [1.29, 1.82) is 0 Å². The molecule has 0 fully saturated rings. The van der Waals surface area contributed by atoms with Gasteiger partial charge in [0.25, 0.3) is 11.8 Å². The van der Waals surface area contributed by atoms with Crippen LogP contribution in [0.25, 0.3) is 5.57 Å². The first kappa shape index (κ1) is 20.5. The topological polar surface area (TPSA) is 83.0 Å². The lowest BCUT2D eigenvalue weighted by Gasteiger charge is -2.20. The molecule has 3 rings (SSSR count). The summed E-state index contributed by atoms with van der Waals surface area (Å²) in [6, 6.07) is 10.7. The summed E-state index contributed by atoms with van der Waals surface area (Å²) in [6.45, 7) is 4.13. The van der Waals surface area contributed by atoms with Gasteiger partial charge >= 0.3 is 0 Å². The van der Waals surface area contributed by atoms with Crippen LogP contribution in [0.2, 0.25) is 0 Å². The number of aromatic nitrogens is 1. The highest BCUT2D eigenvalue weighted by Gasteiger charge is 2.40. The summed E-state index contributed by atoms with van der Waals surface area (Å²) in [6.07, 6.45) is 3.31. The predicted molar refractivity (Wildman–Crippen MR) is 109 cm³/mol. The molecular weight excluding hydrogens is 370 g/mol. The van der Waals surface area contributed by atoms with E-state index in [1.165, 1.54) is 4.90 Å². The second-order valence-electron chi connectivity index (χ2n) is 7.12. The maximum absolute atomic E-state index is 13.2. The Kier molecular flexibility index (Phi) is 6.29. The number of rotatable bonds is 8. The van der Waals surface area contributed by atoms with E-state index in [1.54, 1.807) is 54.7 Å². The van der Waals surface area contributed by atoms with Gasteiger partial charge in [-0.2, -0.15) is 0 Å². The number of pyridine rings is 1. The molecule has 1 aliphatic heterocycles. The van der Waals surface area contributed by atoms with Gasteiger partial charge in [0.15, 0.2) is 0 Å². The molecule has 0 unspecified atom stereocenters. The van der Waals surface area contributed by atoms with Crippen molar-refractivity contribution < 1.29 is 19.4 Å². The monoisotopic (exact) mass is 395 g/mol. The minimum Gasteiger partial charge on any atom is -0.491 e. The first-order valence-electron chi connectivity index (χ1n) is 9.50. The van der Waals surface area contributed by atoms with Gasteiger partial charge < -0.3 is 14.7 Å². The van der Waals surface area contributed by atoms with Crippen LogP contribution in [0.4, 0.5) is 0 Å². The van der Waals surface area contributed by atoms with Crippen molar-refractivity contribution in [2.45, 2.75) is 26.5 Å². The van der Waals surface area contributed by atoms with Gasteiger partial charge in [-0.15, -0.1) is 0 Å². The molecule has 0 aliphatic carbocycles. The van der Waals surface area contributed by atoms with Gasteiger partial charge in [-0.25, -0.2) is 0 Å². The molecule has 1 N–H and O–H groups in total. The lowest BCUT2D eigenvalue weighted by Crippen LogP contribution is -2.34. The van der Waals surface area contributed by atoms with E-state index in [4.69, 9.17) is 4.74 Å². The molecule has 7 nitrogen and oxygen atoms in total. The van der Waals surface area contributed by atoms with Crippen molar-refractivity contribution in [3.05, 3.63) is 65.6 Å². The number of hydrogen-bond acceptors (Lipinski definition) is 6. The third kappa shape index (κ3) is 4.46. The third-order valence-electron chi connectivity index (χ3n) is 4.54. The van der Waals surface area contributed by atoms with Crippen molar-refractivity contribution in [3.8, 4) is 5.75 Å². The largest absolute Gasteiger partial charge is 0.491 e. The number of hydrogen-bond donors (Lipinski definition) is 1. The average molecular weight is 395 g/mol. The van der Waals surface area contributed by atoms with Gasteiger partial charge in [0.1, 0.15) is 11.4 Å². The molecule has 1 aromatic heterocycles. The van der Waals surface area contributed by atoms with E-state index in [1.807, 2.05) is 19.9 Å². The highest BCUT2D eigenvalue weighted by Crippen LogP contribution is 2.32. The molecule has 152 valence electrons. The third-order valence-corrected chi connectivity index (χ3v) is 4.54. The van der Waals surface area contributed by atoms with E-state index in [9.17, 15) is 14.7 Å². The number of nitrogens with zero attached hydrogens (tertiary/aromatic N) is 3. The Hall–Kier alpha value is -3.19. The molecule has 2 aromatic rings. The SMILES string of the molecule is CC(C)Oc1ccc(C2=C(N(C)CCO)C(=O)N(Cc3cccnc3)C2=O)cc1. The molecule has 0 saturated heterocycles. The number of likely N-dealkylation sites (N-methyl/N-ethyl adjacent to an activating group) is 1. The molecule has 1 aliphatic rings. The number of carbonyl (C=O) groups excluding carboxylic acids is 2. The van der Waals surface area contributed by atoms with Crippen LogP contribution in [0.1, 0.15) is 25.0 Å². The average Bonchev–Trinajstić information content (AvgIpc) is 2.94. The van der Waals surface area contributed by atoms with Gasteiger partial charge in [-0.05, 0) is 43.2 Å². The van der Waals surface area contributed by atoms with Gasteiger partial charge in [0.2, 0.25) is 0 Å². The highest BCUT2D eigenvalue weighted by atomic mass is 16.5. The van der Waals surface area contributed by atoms with Crippen molar-refractivity contribution >= 4 is 17.4 Å². The number of amides is 2. The van der Waals surface area contributed by atoms with Crippen molar-refractivity contribution in [1.82, 2.24) is 14.8 Å². The molecular formula is C22H25N3O4. The molecule has 0 saturated carbocycles. The Bertz CT molecular complexity index is 907. The zero-order valence-electron chi connectivity index (χ0n) is 16.8. The summed E-state index contributed by atoms with van der Waals surface area (Å²) in [5, 5.41) is 9.33. The molecule has 0 atom stereocenters. The summed E-state index contributed by atoms with van der Waals surface area (Å²) >= 11 is 0. The van der Waals surface area contributed by atoms with E-state index < -0.39 is 0 Å². The minimum absolute atomic E-state index is 0.0379. The molecule has 2 heterocycles. The highest BCUT2D eigenvalue weighted by molar-refractivity contribution is 6.35. The Morgan fingerprint density at radius 1 is 1.14 bits per heavy atom. The van der Waals surface area contributed by atoms with E-state index >= 15 is 0 Å². The summed E-state index contributed by atoms with van der Waals surface area (Å²) in [4.78, 5) is 33.2. The van der Waals surface area contributed by atoms with Crippen LogP contribution in [0, 0.1) is 0 Å². The van der Waals surface area contributed by atoms with Crippen LogP contribution < -0.4 is 4.74 Å². The standard InChI is InChI=1S/C22H25N3O4/c1-15(2)29-18-8-6-17(7-9-18)19-20(24(3)11-12-26)22(28)25(21(19)27)14-16-5-4-10-23-13-16/h4-10,13,15,26H,11-12,14H2,1-3H3. The smallest absolute Gasteiger partial charge is 0.278 e. The van der Waals surface area contributed by atoms with E-state index in [-0.39, 0.29) is 43.3 Å². The summed E-state index contributed by atoms with van der Waals surface area (Å²) in [5.74, 6) is -0.0536. The van der Waals surface area contributed by atoms with Crippen LogP contribution in [0.3, 0.4) is 0 Å². The van der Waals surface area contributed by atoms with Crippen molar-refractivity contribution in [3.63, 3.8) is 0 Å². The molecule has 0 radical (unpaired) electrons. The van der Waals surface area contributed by atoms with Crippen molar-refractivity contribution in [2.75, 3.05) is 20.2 Å². The fraction of sp³-hybridized carbons (Fsp3) is 0.318. The number of imide groups is 1. The summed E-state index contributed by atoms with van der Waals surface area (Å²) < 4.78 is 5.66. The van der Waals surface area contributed by atoms with Crippen LogP contribution in [-0.2, 0) is 16.1 Å². The van der Waals surface area contributed by atoms with Gasteiger partial charge in [0.05, 0.1) is 24.8 Å². The Morgan fingerprint density at radius 2 is 1.86 bits per heavy atom. The van der Waals surface area contributed by atoms with Crippen LogP contribution in [-0.4, -0.2) is 58.0 Å². The quantitative estimate of drug-likeness (QED) is 0.689. The Labute approximate surface area is 170 Å². The van der Waals surface area contributed by atoms with Crippen molar-refractivity contribution in [2.24, 2.45) is 0 Å². The minimum atomic E-state index is -0.382. The second-order valence-corrected chi connectivity index (χ2v) is 7.12. The maximum Gasteiger partial charge on any atom is 0.278 e. The van der Waals surface area contributed by atoms with Crippen LogP contribution in [0.5, 0.6) is 5.75 Å². The number of benzene rings is 1. The van der Waals surface area contributed by atoms with Gasteiger partial charge in [0, 0.05) is 26.0 Å². The lowest BCUT2D eigenvalue weighted by molar-refractivity contribution is -0.138. The molecule has 0 spiro atoms. The fourth-order valence-corrected chi connectivity index (χ4v) is 3.23. The maximum atomic E-state index is 13.2. The number of aliphatic hydroxyl groups excluding tert-OH is 1. The molecule has 7 heteroatoms. The second kappa shape index (κ2) is 8.87. The summed E-state index contributed by atoms with van der Waals surface area (Å²) in [5.41, 5.74) is 2.00. The molecule has 29 heavy (non-hydrogen) atoms. The zero-order valence-corrected chi connectivity index (χ0v) is 16.8. The number of aliphatic hydroxyl groups is 1. The predicted octanol–water partition coefficient (Wildman–Crippen LogP) is 2.07. The van der Waals surface area contributed by atoms with Gasteiger partial charge in [-0.1, -0.05) is 18.2 Å². The van der Waals surface area contributed by atoms with E-state index in [0.29, 0.717) is 16.9 Å². The van der Waals surface area contributed by atoms with Crippen LogP contribution in [0.15, 0.2) is 54.5 Å². The molecule has 0 bridgehead atoms. The number of ether oxygens (including phenoxy) is 1. The Morgan fingerprint density at radius 3 is 2.45 bits per heavy atom. The number of carbonyl (C=O) groups is 2. The van der Waals surface area contributed by atoms with Gasteiger partial charge in [-0.3, -0.25) is 19.5 Å². The summed E-state index contributed by atoms with van der Waals surface area (Å²) in [7, 11) is 1.69. The molecule has 1 aromatic carbocycles. The Balaban J connectivity index is 1.97. The molecule has 2 amide bonds. The van der Waals surface area contributed by atoms with Crippen LogP contribution >= 0.6 is 0 Å². The first-order valence-corrected chi connectivity index (χ1v) is 9.50.